The fourth-order valence-corrected chi connectivity index (χ4v) is 3.18. The number of hydrogen-bond donors (Lipinski definition) is 2. The molecule has 0 radical (unpaired) electrons. The molecule has 0 aliphatic carbocycles. The largest absolute Gasteiger partial charge is 0.368 e. The molecule has 9 heteroatoms. The van der Waals surface area contributed by atoms with E-state index in [0.29, 0.717) is 11.3 Å². The van der Waals surface area contributed by atoms with Crippen molar-refractivity contribution in [1.29, 1.82) is 0 Å². The van der Waals surface area contributed by atoms with Gasteiger partial charge in [0.25, 0.3) is 10.0 Å². The Labute approximate surface area is 120 Å². The Balaban J connectivity index is 1.89. The Morgan fingerprint density at radius 2 is 2.10 bits per heavy atom. The molecule has 0 saturated carbocycles. The van der Waals surface area contributed by atoms with Gasteiger partial charge in [0.15, 0.2) is 5.84 Å². The van der Waals surface area contributed by atoms with Gasteiger partial charge in [-0.25, -0.2) is 0 Å². The number of nitrogens with zero attached hydrogens (tertiary/aromatic N) is 3. The van der Waals surface area contributed by atoms with E-state index in [1.807, 2.05) is 0 Å². The smallest absolute Gasteiger partial charge is 0.285 e. The molecule has 1 aliphatic rings. The van der Waals surface area contributed by atoms with Crippen LogP contribution in [0, 0.1) is 0 Å². The van der Waals surface area contributed by atoms with Crippen molar-refractivity contribution in [1.82, 2.24) is 9.78 Å². The molecule has 1 aliphatic heterocycles. The highest BCUT2D eigenvalue weighted by atomic mass is 32.2. The molecule has 0 unspecified atom stereocenters. The topological polar surface area (TPSA) is 119 Å². The normalized spacial score (nSPS) is 15.3. The summed E-state index contributed by atoms with van der Waals surface area (Å²) in [5.74, 6) is -0.292. The van der Waals surface area contributed by atoms with E-state index in [2.05, 4.69) is 14.8 Å². The van der Waals surface area contributed by atoms with Crippen molar-refractivity contribution in [2.45, 2.75) is 11.4 Å². The Morgan fingerprint density at radius 3 is 2.86 bits per heavy atom. The monoisotopic (exact) mass is 305 g/mol. The lowest BCUT2D eigenvalue weighted by atomic mass is 10.2. The van der Waals surface area contributed by atoms with Crippen LogP contribution in [-0.4, -0.2) is 29.9 Å². The number of anilines is 1. The minimum Gasteiger partial charge on any atom is -0.368 e. The van der Waals surface area contributed by atoms with Crippen LogP contribution in [0.3, 0.4) is 0 Å². The van der Waals surface area contributed by atoms with Crippen molar-refractivity contribution in [3.8, 4) is 0 Å². The summed E-state index contributed by atoms with van der Waals surface area (Å²) < 4.78 is 28.8. The molecule has 0 saturated heterocycles. The second kappa shape index (κ2) is 4.70. The second-order valence-electron chi connectivity index (χ2n) is 4.43. The fraction of sp³-hybridized carbons (Fsp3) is 0.0833. The van der Waals surface area contributed by atoms with Crippen molar-refractivity contribution in [2.75, 3.05) is 5.32 Å². The first-order valence-electron chi connectivity index (χ1n) is 5.98. The summed E-state index contributed by atoms with van der Waals surface area (Å²) in [7, 11) is -3.66. The fourth-order valence-electron chi connectivity index (χ4n) is 2.01. The van der Waals surface area contributed by atoms with Crippen molar-refractivity contribution in [2.24, 2.45) is 10.1 Å². The van der Waals surface area contributed by atoms with Crippen LogP contribution in [0.4, 0.5) is 5.69 Å². The van der Waals surface area contributed by atoms with E-state index in [-0.39, 0.29) is 17.3 Å². The van der Waals surface area contributed by atoms with Crippen molar-refractivity contribution in [3.05, 3.63) is 42.2 Å². The molecule has 1 aromatic carbocycles. The van der Waals surface area contributed by atoms with Gasteiger partial charge in [0.1, 0.15) is 11.4 Å². The number of amidine groups is 1. The van der Waals surface area contributed by atoms with Gasteiger partial charge in [-0.2, -0.15) is 13.5 Å². The number of carbonyl (C=O) groups excluding carboxylic acids is 1. The molecule has 0 spiro atoms. The van der Waals surface area contributed by atoms with E-state index in [1.54, 1.807) is 24.4 Å². The average molecular weight is 305 g/mol. The number of sulfonamides is 1. The minimum atomic E-state index is -3.66. The van der Waals surface area contributed by atoms with Crippen molar-refractivity contribution < 1.29 is 13.2 Å². The van der Waals surface area contributed by atoms with Crippen LogP contribution in [-0.2, 0) is 21.4 Å². The van der Waals surface area contributed by atoms with Crippen molar-refractivity contribution >= 4 is 27.5 Å². The van der Waals surface area contributed by atoms with Gasteiger partial charge in [0, 0.05) is 11.8 Å². The first-order valence-corrected chi connectivity index (χ1v) is 7.42. The van der Waals surface area contributed by atoms with E-state index in [1.165, 1.54) is 16.9 Å². The van der Waals surface area contributed by atoms with Crippen LogP contribution in [0.25, 0.3) is 0 Å². The van der Waals surface area contributed by atoms with Gasteiger partial charge in [-0.3, -0.25) is 9.48 Å². The quantitative estimate of drug-likeness (QED) is 0.822. The first-order chi connectivity index (χ1) is 9.95. The average Bonchev–Trinajstić information content (AvgIpc) is 2.93. The number of hydrogen-bond acceptors (Lipinski definition) is 5. The second-order valence-corrected chi connectivity index (χ2v) is 6.00. The van der Waals surface area contributed by atoms with E-state index in [4.69, 9.17) is 5.73 Å². The number of carbonyl (C=O) groups is 1. The highest BCUT2D eigenvalue weighted by Gasteiger charge is 2.28. The molecule has 0 bridgehead atoms. The van der Waals surface area contributed by atoms with Gasteiger partial charge in [0.2, 0.25) is 5.91 Å². The third-order valence-corrected chi connectivity index (χ3v) is 4.18. The van der Waals surface area contributed by atoms with Gasteiger partial charge >= 0.3 is 0 Å². The number of nitrogens with two attached hydrogens (primary N) is 1. The predicted octanol–water partition coefficient (Wildman–Crippen LogP) is -0.0706. The molecular formula is C12H11N5O3S. The van der Waals surface area contributed by atoms with Gasteiger partial charge in [-0.15, -0.1) is 4.40 Å². The summed E-state index contributed by atoms with van der Waals surface area (Å²) in [6, 6.07) is 6.53. The molecule has 2 heterocycles. The highest BCUT2D eigenvalue weighted by Crippen LogP contribution is 2.26. The van der Waals surface area contributed by atoms with Crippen LogP contribution < -0.4 is 11.1 Å². The summed E-state index contributed by atoms with van der Waals surface area (Å²) >= 11 is 0. The summed E-state index contributed by atoms with van der Waals surface area (Å²) in [5, 5.41) is 6.82. The summed E-state index contributed by atoms with van der Waals surface area (Å²) in [6.45, 7) is -0.0525. The lowest BCUT2D eigenvalue weighted by Gasteiger charge is -2.02. The van der Waals surface area contributed by atoms with Crippen LogP contribution in [0.1, 0.15) is 5.56 Å². The number of amides is 1. The number of benzene rings is 1. The van der Waals surface area contributed by atoms with Gasteiger partial charge in [-0.05, 0) is 12.1 Å². The Bertz CT molecular complexity index is 853. The SMILES string of the molecule is NC(=O)Cn1cc(NC2=NS(=O)(=O)c3ccccc32)cn1. The lowest BCUT2D eigenvalue weighted by Crippen LogP contribution is -2.18. The highest BCUT2D eigenvalue weighted by molar-refractivity contribution is 7.90. The van der Waals surface area contributed by atoms with E-state index in [0.717, 1.165) is 0 Å². The third-order valence-electron chi connectivity index (χ3n) is 2.85. The standard InChI is InChI=1S/C12H11N5O3S/c13-11(18)7-17-6-8(5-14-17)15-12-9-3-1-2-4-10(9)21(19,20)16-12/h1-6H,7H2,(H2,13,18)(H,15,16). The van der Waals surface area contributed by atoms with E-state index < -0.39 is 15.9 Å². The Morgan fingerprint density at radius 1 is 1.33 bits per heavy atom. The number of aromatic nitrogens is 2. The number of rotatable bonds is 3. The minimum absolute atomic E-state index is 0.0525. The van der Waals surface area contributed by atoms with Crippen molar-refractivity contribution in [3.63, 3.8) is 0 Å². The number of fused-ring (bicyclic) bond motifs is 1. The van der Waals surface area contributed by atoms with Gasteiger partial charge < -0.3 is 11.1 Å². The Kier molecular flexibility index (Phi) is 2.98. The molecule has 108 valence electrons. The summed E-state index contributed by atoms with van der Waals surface area (Å²) in [5.41, 5.74) is 6.09. The molecule has 0 atom stereocenters. The Hall–Kier alpha value is -2.68. The summed E-state index contributed by atoms with van der Waals surface area (Å²) in [4.78, 5) is 11.0. The summed E-state index contributed by atoms with van der Waals surface area (Å²) in [6.07, 6.45) is 3.00. The van der Waals surface area contributed by atoms with E-state index in [9.17, 15) is 13.2 Å². The number of primary amides is 1. The molecule has 8 nitrogen and oxygen atoms in total. The predicted molar refractivity (Wildman–Crippen MR) is 75.2 cm³/mol. The first kappa shape index (κ1) is 13.3. The van der Waals surface area contributed by atoms with E-state index >= 15 is 0 Å². The molecule has 3 rings (SSSR count). The van der Waals surface area contributed by atoms with Gasteiger partial charge in [0.05, 0.1) is 11.9 Å². The molecule has 1 aromatic heterocycles. The van der Waals surface area contributed by atoms with Gasteiger partial charge in [-0.1, -0.05) is 12.1 Å². The number of nitrogens with one attached hydrogen (secondary N) is 1. The van der Waals surface area contributed by atoms with Crippen LogP contribution >= 0.6 is 0 Å². The maximum atomic E-state index is 11.9. The van der Waals surface area contributed by atoms with Crippen LogP contribution in [0.5, 0.6) is 0 Å². The lowest BCUT2D eigenvalue weighted by molar-refractivity contribution is -0.118. The molecular weight excluding hydrogens is 294 g/mol. The molecule has 21 heavy (non-hydrogen) atoms. The van der Waals surface area contributed by atoms with Crippen LogP contribution in [0.15, 0.2) is 46.0 Å². The maximum absolute atomic E-state index is 11.9. The third kappa shape index (κ3) is 2.50. The zero-order chi connectivity index (χ0) is 15.0. The van der Waals surface area contributed by atoms with Crippen LogP contribution in [0.2, 0.25) is 0 Å². The molecule has 0 fully saturated rings. The zero-order valence-electron chi connectivity index (χ0n) is 10.7. The maximum Gasteiger partial charge on any atom is 0.285 e. The molecule has 2 aromatic rings. The zero-order valence-corrected chi connectivity index (χ0v) is 11.5. The molecule has 1 amide bonds. The molecule has 3 N–H and O–H groups in total.